The fourth-order valence-electron chi connectivity index (χ4n) is 4.68. The number of amides is 1. The molecule has 1 aromatic carbocycles. The number of aromatic nitrogens is 1. The lowest BCUT2D eigenvalue weighted by Gasteiger charge is -2.27. The molecule has 1 N–H and O–H groups in total. The van der Waals surface area contributed by atoms with Gasteiger partial charge in [0.1, 0.15) is 0 Å². The van der Waals surface area contributed by atoms with Gasteiger partial charge in [-0.05, 0) is 43.1 Å². The van der Waals surface area contributed by atoms with E-state index in [9.17, 15) is 14.7 Å². The highest BCUT2D eigenvalue weighted by molar-refractivity contribution is 7.16. The van der Waals surface area contributed by atoms with E-state index in [2.05, 4.69) is 48.4 Å². The van der Waals surface area contributed by atoms with Crippen molar-refractivity contribution in [2.24, 2.45) is 29.6 Å². The molecule has 0 unspecified atom stereocenters. The highest BCUT2D eigenvalue weighted by atomic mass is 32.1. The summed E-state index contributed by atoms with van der Waals surface area (Å²) in [6.45, 7) is 6.38. The predicted molar refractivity (Wildman–Crippen MR) is 112 cm³/mol. The number of rotatable bonds is 6. The number of hydrogen-bond donors (Lipinski definition) is 1. The molecule has 2 aliphatic rings. The maximum atomic E-state index is 12.9. The third-order valence-electron chi connectivity index (χ3n) is 5.93. The fourth-order valence-corrected chi connectivity index (χ4v) is 5.52. The summed E-state index contributed by atoms with van der Waals surface area (Å²) in [5.74, 6) is -2.27. The van der Waals surface area contributed by atoms with Crippen molar-refractivity contribution in [3.63, 3.8) is 0 Å². The number of carbonyl (C=O) groups is 2. The van der Waals surface area contributed by atoms with Crippen LogP contribution in [0.25, 0.3) is 11.3 Å². The van der Waals surface area contributed by atoms with Crippen molar-refractivity contribution >= 4 is 28.3 Å². The molecule has 2 aromatic rings. The van der Waals surface area contributed by atoms with E-state index in [-0.39, 0.29) is 17.7 Å². The number of thiazole rings is 1. The number of nitrogens with zero attached hydrogens (tertiary/aromatic N) is 1. The predicted octanol–water partition coefficient (Wildman–Crippen LogP) is 3.44. The van der Waals surface area contributed by atoms with Gasteiger partial charge in [0.2, 0.25) is 5.91 Å². The molecule has 5 nitrogen and oxygen atoms in total. The smallest absolute Gasteiger partial charge is 0.230 e. The Morgan fingerprint density at radius 1 is 1.17 bits per heavy atom. The Morgan fingerprint density at radius 2 is 1.83 bits per heavy atom. The van der Waals surface area contributed by atoms with Crippen LogP contribution in [-0.4, -0.2) is 16.9 Å². The van der Waals surface area contributed by atoms with Crippen LogP contribution < -0.4 is 10.4 Å². The van der Waals surface area contributed by atoms with Gasteiger partial charge in [-0.3, -0.25) is 4.79 Å². The minimum absolute atomic E-state index is 0.0306. The Balaban J connectivity index is 1.50. The van der Waals surface area contributed by atoms with Crippen molar-refractivity contribution in [2.75, 3.05) is 5.32 Å². The lowest BCUT2D eigenvalue weighted by molar-refractivity contribution is -0.313. The molecule has 0 radical (unpaired) electrons. The standard InChI is InChI=1S/C23H26N2O3S/c1-12(2)10-14-4-6-15(7-5-14)20-13(3)29-23(24-20)25-21(26)18-16-8-9-17(11-16)19(18)22(27)28/h4-9,12,16-19H,10-11H2,1-3H3,(H,27,28)(H,24,25,26)/p-1/t16-,17+,18-,19+/m1/s1. The molecule has 152 valence electrons. The number of nitrogens with one attached hydrogen (secondary N) is 1. The first-order chi connectivity index (χ1) is 13.8. The van der Waals surface area contributed by atoms with Crippen LogP contribution in [0.2, 0.25) is 0 Å². The van der Waals surface area contributed by atoms with E-state index in [1.54, 1.807) is 0 Å². The van der Waals surface area contributed by atoms with Crippen LogP contribution in [0.1, 0.15) is 30.7 Å². The van der Waals surface area contributed by atoms with Crippen molar-refractivity contribution in [2.45, 2.75) is 33.6 Å². The average Bonchev–Trinajstić information content (AvgIpc) is 3.36. The van der Waals surface area contributed by atoms with Crippen molar-refractivity contribution in [1.29, 1.82) is 0 Å². The molecule has 1 aromatic heterocycles. The van der Waals surface area contributed by atoms with Gasteiger partial charge >= 0.3 is 0 Å². The highest BCUT2D eigenvalue weighted by Gasteiger charge is 2.48. The lowest BCUT2D eigenvalue weighted by Crippen LogP contribution is -2.42. The molecule has 2 bridgehead atoms. The van der Waals surface area contributed by atoms with E-state index >= 15 is 0 Å². The number of carboxylic acid groups (broad SMARTS) is 1. The zero-order chi connectivity index (χ0) is 20.7. The number of benzene rings is 1. The topological polar surface area (TPSA) is 82.1 Å². The quantitative estimate of drug-likeness (QED) is 0.741. The molecular weight excluding hydrogens is 384 g/mol. The molecule has 4 atom stereocenters. The maximum Gasteiger partial charge on any atom is 0.230 e. The Morgan fingerprint density at radius 3 is 2.45 bits per heavy atom. The summed E-state index contributed by atoms with van der Waals surface area (Å²) < 4.78 is 0. The first-order valence-corrected chi connectivity index (χ1v) is 10.9. The minimum Gasteiger partial charge on any atom is -0.550 e. The van der Waals surface area contributed by atoms with Crippen LogP contribution in [0.3, 0.4) is 0 Å². The lowest BCUT2D eigenvalue weighted by atomic mass is 9.82. The Bertz CT molecular complexity index is 961. The number of aryl methyl sites for hydroxylation is 1. The van der Waals surface area contributed by atoms with E-state index in [0.29, 0.717) is 17.5 Å². The fraction of sp³-hybridized carbons (Fsp3) is 0.435. The van der Waals surface area contributed by atoms with Crippen LogP contribution in [0, 0.1) is 36.5 Å². The van der Waals surface area contributed by atoms with Crippen LogP contribution >= 0.6 is 11.3 Å². The van der Waals surface area contributed by atoms with E-state index in [0.717, 1.165) is 22.6 Å². The van der Waals surface area contributed by atoms with E-state index < -0.39 is 17.8 Å². The molecule has 1 saturated carbocycles. The number of aliphatic carboxylic acids is 1. The van der Waals surface area contributed by atoms with Gasteiger partial charge in [-0.25, -0.2) is 4.98 Å². The maximum absolute atomic E-state index is 12.9. The van der Waals surface area contributed by atoms with Crippen molar-refractivity contribution in [3.8, 4) is 11.3 Å². The number of anilines is 1. The van der Waals surface area contributed by atoms with Gasteiger partial charge < -0.3 is 15.2 Å². The number of fused-ring (bicyclic) bond motifs is 2. The van der Waals surface area contributed by atoms with E-state index in [1.807, 2.05) is 19.1 Å². The summed E-state index contributed by atoms with van der Waals surface area (Å²) in [6.07, 6.45) is 5.62. The zero-order valence-electron chi connectivity index (χ0n) is 16.8. The molecule has 1 fully saturated rings. The second-order valence-electron chi connectivity index (χ2n) is 8.53. The van der Waals surface area contributed by atoms with Gasteiger partial charge in [0.15, 0.2) is 5.13 Å². The first-order valence-electron chi connectivity index (χ1n) is 10.1. The molecule has 1 heterocycles. The van der Waals surface area contributed by atoms with Crippen LogP contribution in [0.4, 0.5) is 5.13 Å². The van der Waals surface area contributed by atoms with Gasteiger partial charge in [0, 0.05) is 22.3 Å². The normalized spacial score (nSPS) is 25.0. The second kappa shape index (κ2) is 7.75. The summed E-state index contributed by atoms with van der Waals surface area (Å²) in [4.78, 5) is 30.0. The van der Waals surface area contributed by atoms with Crippen molar-refractivity contribution in [3.05, 3.63) is 46.9 Å². The third-order valence-corrected chi connectivity index (χ3v) is 6.82. The monoisotopic (exact) mass is 409 g/mol. The average molecular weight is 410 g/mol. The Kier molecular flexibility index (Phi) is 5.30. The molecule has 4 rings (SSSR count). The van der Waals surface area contributed by atoms with Crippen molar-refractivity contribution in [1.82, 2.24) is 4.98 Å². The summed E-state index contributed by atoms with van der Waals surface area (Å²) in [6, 6.07) is 8.38. The van der Waals surface area contributed by atoms with Crippen LogP contribution in [0.5, 0.6) is 0 Å². The SMILES string of the molecule is Cc1sc(NC(=O)[C@H]2[C@@H](C(=O)[O-])[C@H]3C=C[C@@H]2C3)nc1-c1ccc(CC(C)C)cc1. The van der Waals surface area contributed by atoms with E-state index in [4.69, 9.17) is 0 Å². The van der Waals surface area contributed by atoms with Gasteiger partial charge in [-0.15, -0.1) is 11.3 Å². The molecule has 0 spiro atoms. The number of carbonyl (C=O) groups excluding carboxylic acids is 2. The molecule has 0 aliphatic heterocycles. The molecule has 1 amide bonds. The summed E-state index contributed by atoms with van der Waals surface area (Å²) >= 11 is 1.42. The summed E-state index contributed by atoms with van der Waals surface area (Å²) in [5, 5.41) is 14.9. The molecular formula is C23H25N2O3S-. The van der Waals surface area contributed by atoms with E-state index in [1.165, 1.54) is 16.9 Å². The number of carboxylic acids is 1. The van der Waals surface area contributed by atoms with Crippen LogP contribution in [0.15, 0.2) is 36.4 Å². The molecule has 2 aliphatic carbocycles. The Labute approximate surface area is 174 Å². The van der Waals surface area contributed by atoms with Crippen LogP contribution in [-0.2, 0) is 16.0 Å². The third kappa shape index (κ3) is 3.86. The largest absolute Gasteiger partial charge is 0.550 e. The molecule has 29 heavy (non-hydrogen) atoms. The van der Waals surface area contributed by atoms with Gasteiger partial charge in [0.25, 0.3) is 0 Å². The molecule has 6 heteroatoms. The van der Waals surface area contributed by atoms with Crippen molar-refractivity contribution < 1.29 is 14.7 Å². The van der Waals surface area contributed by atoms with Gasteiger partial charge in [0.05, 0.1) is 11.6 Å². The summed E-state index contributed by atoms with van der Waals surface area (Å²) in [7, 11) is 0. The number of allylic oxidation sites excluding steroid dienone is 2. The first kappa shape index (κ1) is 19.8. The molecule has 0 saturated heterocycles. The Hall–Kier alpha value is -2.47. The summed E-state index contributed by atoms with van der Waals surface area (Å²) in [5.41, 5.74) is 3.16. The minimum atomic E-state index is -1.14. The van der Waals surface area contributed by atoms with Gasteiger partial charge in [-0.1, -0.05) is 50.3 Å². The zero-order valence-corrected chi connectivity index (χ0v) is 17.7. The second-order valence-corrected chi connectivity index (χ2v) is 9.73. The number of hydrogen-bond acceptors (Lipinski definition) is 5. The highest BCUT2D eigenvalue weighted by Crippen LogP contribution is 2.48. The van der Waals surface area contributed by atoms with Gasteiger partial charge in [-0.2, -0.15) is 0 Å².